The largest absolute Gasteiger partial charge is 0.338 e. The third kappa shape index (κ3) is 3.51. The van der Waals surface area contributed by atoms with Crippen LogP contribution in [0.2, 0.25) is 0 Å². The first kappa shape index (κ1) is 13.0. The van der Waals surface area contributed by atoms with Crippen molar-refractivity contribution in [3.05, 3.63) is 0 Å². The molecule has 102 valence electrons. The summed E-state index contributed by atoms with van der Waals surface area (Å²) in [5.41, 5.74) is 0. The second-order valence-corrected chi connectivity index (χ2v) is 4.94. The van der Waals surface area contributed by atoms with Crippen LogP contribution in [0.15, 0.2) is 0 Å². The van der Waals surface area contributed by atoms with E-state index in [1.165, 1.54) is 12.8 Å². The molecule has 2 rings (SSSR count). The Morgan fingerprint density at radius 1 is 1.00 bits per heavy atom. The molecule has 6 heteroatoms. The van der Waals surface area contributed by atoms with E-state index < -0.39 is 0 Å². The van der Waals surface area contributed by atoms with E-state index in [0.29, 0.717) is 38.6 Å². The van der Waals surface area contributed by atoms with Gasteiger partial charge in [-0.25, -0.2) is 9.59 Å². The molecule has 0 spiro atoms. The summed E-state index contributed by atoms with van der Waals surface area (Å²) in [5.74, 6) is 0.700. The minimum absolute atomic E-state index is 0.0115. The molecule has 1 saturated carbocycles. The minimum Gasteiger partial charge on any atom is -0.338 e. The minimum atomic E-state index is -0.0319. The van der Waals surface area contributed by atoms with Gasteiger partial charge in [0, 0.05) is 39.3 Å². The number of hydrogen-bond donors (Lipinski definition) is 2. The average Bonchev–Trinajstić information content (AvgIpc) is 3.20. The van der Waals surface area contributed by atoms with Crippen molar-refractivity contribution >= 4 is 12.1 Å². The molecule has 0 radical (unpaired) electrons. The van der Waals surface area contributed by atoms with Gasteiger partial charge >= 0.3 is 12.1 Å². The molecular formula is C12H22N4O2. The molecule has 0 unspecified atom stereocenters. The van der Waals surface area contributed by atoms with Crippen molar-refractivity contribution in [2.75, 3.05) is 39.3 Å². The molecule has 0 bridgehead atoms. The van der Waals surface area contributed by atoms with E-state index in [0.717, 1.165) is 6.54 Å². The fourth-order valence-corrected chi connectivity index (χ4v) is 2.04. The van der Waals surface area contributed by atoms with E-state index in [4.69, 9.17) is 0 Å². The highest BCUT2D eigenvalue weighted by Crippen LogP contribution is 2.27. The maximum Gasteiger partial charge on any atom is 0.317 e. The van der Waals surface area contributed by atoms with E-state index in [9.17, 15) is 9.59 Å². The molecule has 2 N–H and O–H groups in total. The molecule has 18 heavy (non-hydrogen) atoms. The van der Waals surface area contributed by atoms with Gasteiger partial charge in [-0.2, -0.15) is 0 Å². The summed E-state index contributed by atoms with van der Waals surface area (Å²) < 4.78 is 0. The lowest BCUT2D eigenvalue weighted by Crippen LogP contribution is -2.55. The van der Waals surface area contributed by atoms with Gasteiger partial charge in [0.05, 0.1) is 0 Å². The number of carbonyl (C=O) groups excluding carboxylic acids is 2. The number of nitrogens with one attached hydrogen (secondary N) is 2. The Kier molecular flexibility index (Phi) is 4.28. The van der Waals surface area contributed by atoms with Crippen LogP contribution in [0.25, 0.3) is 0 Å². The molecule has 2 fully saturated rings. The van der Waals surface area contributed by atoms with Crippen molar-refractivity contribution in [1.29, 1.82) is 0 Å². The molecule has 0 aromatic carbocycles. The highest BCUT2D eigenvalue weighted by molar-refractivity contribution is 5.76. The smallest absolute Gasteiger partial charge is 0.317 e. The third-order valence-corrected chi connectivity index (χ3v) is 3.42. The van der Waals surface area contributed by atoms with Crippen molar-refractivity contribution in [2.45, 2.75) is 19.8 Å². The Morgan fingerprint density at radius 2 is 1.50 bits per heavy atom. The van der Waals surface area contributed by atoms with Gasteiger partial charge in [-0.3, -0.25) is 0 Å². The van der Waals surface area contributed by atoms with Crippen LogP contribution in [0.4, 0.5) is 9.59 Å². The van der Waals surface area contributed by atoms with E-state index >= 15 is 0 Å². The normalized spacial score (nSPS) is 19.6. The maximum atomic E-state index is 11.8. The summed E-state index contributed by atoms with van der Waals surface area (Å²) in [6.45, 7) is 5.81. The van der Waals surface area contributed by atoms with Crippen molar-refractivity contribution in [3.8, 4) is 0 Å². The van der Waals surface area contributed by atoms with E-state index in [1.54, 1.807) is 9.80 Å². The predicted octanol–water partition coefficient (Wildman–Crippen LogP) is 0.453. The summed E-state index contributed by atoms with van der Waals surface area (Å²) >= 11 is 0. The first-order chi connectivity index (χ1) is 8.70. The zero-order valence-electron chi connectivity index (χ0n) is 10.9. The Balaban J connectivity index is 1.68. The van der Waals surface area contributed by atoms with Crippen molar-refractivity contribution in [1.82, 2.24) is 20.4 Å². The molecule has 1 heterocycles. The third-order valence-electron chi connectivity index (χ3n) is 3.42. The van der Waals surface area contributed by atoms with Gasteiger partial charge in [0.25, 0.3) is 0 Å². The summed E-state index contributed by atoms with van der Waals surface area (Å²) in [4.78, 5) is 27.0. The zero-order chi connectivity index (χ0) is 13.0. The maximum absolute atomic E-state index is 11.8. The Morgan fingerprint density at radius 3 is 1.94 bits per heavy atom. The van der Waals surface area contributed by atoms with Crippen LogP contribution in [0.3, 0.4) is 0 Å². The van der Waals surface area contributed by atoms with Crippen LogP contribution in [0, 0.1) is 5.92 Å². The van der Waals surface area contributed by atoms with E-state index in [2.05, 4.69) is 10.6 Å². The van der Waals surface area contributed by atoms with E-state index in [-0.39, 0.29) is 12.1 Å². The van der Waals surface area contributed by atoms with Crippen molar-refractivity contribution < 1.29 is 9.59 Å². The molecule has 4 amide bonds. The SMILES string of the molecule is CCNC(=O)N1CCN(C(=O)NCC2CC2)CC1. The second-order valence-electron chi connectivity index (χ2n) is 4.94. The Hall–Kier alpha value is -1.46. The van der Waals surface area contributed by atoms with Crippen LogP contribution in [-0.2, 0) is 0 Å². The molecule has 0 aromatic rings. The molecule has 2 aliphatic rings. The second kappa shape index (κ2) is 5.93. The van der Waals surface area contributed by atoms with Gasteiger partial charge in [0.15, 0.2) is 0 Å². The van der Waals surface area contributed by atoms with Gasteiger partial charge in [-0.15, -0.1) is 0 Å². The number of carbonyl (C=O) groups is 2. The molecule has 0 aromatic heterocycles. The van der Waals surface area contributed by atoms with Crippen molar-refractivity contribution in [2.24, 2.45) is 5.92 Å². The Bertz CT molecular complexity index is 309. The summed E-state index contributed by atoms with van der Waals surface area (Å²) in [5, 5.41) is 5.73. The van der Waals surface area contributed by atoms with E-state index in [1.807, 2.05) is 6.92 Å². The lowest BCUT2D eigenvalue weighted by molar-refractivity contribution is 0.143. The van der Waals surface area contributed by atoms with Crippen molar-refractivity contribution in [3.63, 3.8) is 0 Å². The first-order valence-electron chi connectivity index (χ1n) is 6.76. The number of rotatable bonds is 3. The van der Waals surface area contributed by atoms with Gasteiger partial charge in [0.1, 0.15) is 0 Å². The summed E-state index contributed by atoms with van der Waals surface area (Å²) in [7, 11) is 0. The lowest BCUT2D eigenvalue weighted by atomic mass is 10.3. The van der Waals surface area contributed by atoms with Crippen LogP contribution in [0.5, 0.6) is 0 Å². The summed E-state index contributed by atoms with van der Waals surface area (Å²) in [6.07, 6.45) is 2.48. The highest BCUT2D eigenvalue weighted by Gasteiger charge is 2.26. The van der Waals surface area contributed by atoms with Gasteiger partial charge < -0.3 is 20.4 Å². The topological polar surface area (TPSA) is 64.7 Å². The van der Waals surface area contributed by atoms with Gasteiger partial charge in [-0.1, -0.05) is 0 Å². The summed E-state index contributed by atoms with van der Waals surface area (Å²) in [6, 6.07) is -0.0204. The fraction of sp³-hybridized carbons (Fsp3) is 0.833. The van der Waals surface area contributed by atoms with Crippen LogP contribution >= 0.6 is 0 Å². The number of nitrogens with zero attached hydrogens (tertiary/aromatic N) is 2. The standard InChI is InChI=1S/C12H22N4O2/c1-2-13-11(17)15-5-7-16(8-6-15)12(18)14-9-10-3-4-10/h10H,2-9H2,1H3,(H,13,17)(H,14,18). The van der Waals surface area contributed by atoms with Gasteiger partial charge in [0.2, 0.25) is 0 Å². The number of piperazine rings is 1. The quantitative estimate of drug-likeness (QED) is 0.768. The number of hydrogen-bond acceptors (Lipinski definition) is 2. The van der Waals surface area contributed by atoms with Crippen LogP contribution in [-0.4, -0.2) is 61.1 Å². The predicted molar refractivity (Wildman–Crippen MR) is 68.3 cm³/mol. The molecule has 1 saturated heterocycles. The number of urea groups is 2. The average molecular weight is 254 g/mol. The molecule has 1 aliphatic carbocycles. The highest BCUT2D eigenvalue weighted by atomic mass is 16.2. The molecular weight excluding hydrogens is 232 g/mol. The first-order valence-corrected chi connectivity index (χ1v) is 6.76. The number of amides is 4. The van der Waals surface area contributed by atoms with Gasteiger partial charge in [-0.05, 0) is 25.7 Å². The Labute approximate surface area is 108 Å². The monoisotopic (exact) mass is 254 g/mol. The fourth-order valence-electron chi connectivity index (χ4n) is 2.04. The van der Waals surface area contributed by atoms with Crippen LogP contribution < -0.4 is 10.6 Å². The zero-order valence-corrected chi connectivity index (χ0v) is 10.9. The molecule has 6 nitrogen and oxygen atoms in total. The molecule has 1 aliphatic heterocycles. The lowest BCUT2D eigenvalue weighted by Gasteiger charge is -2.34. The van der Waals surface area contributed by atoms with Crippen LogP contribution in [0.1, 0.15) is 19.8 Å². The molecule has 0 atom stereocenters.